The Kier molecular flexibility index (Phi) is 5.61. The molecule has 0 saturated heterocycles. The van der Waals surface area contributed by atoms with Crippen LogP contribution in [-0.2, 0) is 19.1 Å². The summed E-state index contributed by atoms with van der Waals surface area (Å²) in [5.74, 6) is -9.40. The number of esters is 2. The van der Waals surface area contributed by atoms with Crippen LogP contribution in [0, 0.1) is 0 Å². The molecule has 0 fully saturated rings. The van der Waals surface area contributed by atoms with Crippen molar-refractivity contribution in [1.29, 1.82) is 0 Å². The highest BCUT2D eigenvalue weighted by Crippen LogP contribution is 2.27. The van der Waals surface area contributed by atoms with Crippen molar-refractivity contribution in [3.63, 3.8) is 0 Å². The van der Waals surface area contributed by atoms with Crippen molar-refractivity contribution >= 4 is 11.9 Å². The molecular weight excluding hydrogens is 272 g/mol. The molecule has 0 aliphatic carbocycles. The molecule has 4 N–H and O–H groups in total. The minimum absolute atomic E-state index is 0.0511. The van der Waals surface area contributed by atoms with Crippen molar-refractivity contribution in [1.82, 2.24) is 0 Å². The fourth-order valence-electron chi connectivity index (χ4n) is 0.994. The predicted molar refractivity (Wildman–Crippen MR) is 65.6 cm³/mol. The zero-order valence-electron chi connectivity index (χ0n) is 11.4. The molecule has 114 valence electrons. The van der Waals surface area contributed by atoms with Crippen molar-refractivity contribution < 1.29 is 39.5 Å². The summed E-state index contributed by atoms with van der Waals surface area (Å²) >= 11 is 0. The summed E-state index contributed by atoms with van der Waals surface area (Å²) in [5.41, 5.74) is -0.240. The van der Waals surface area contributed by atoms with Crippen LogP contribution in [0.1, 0.15) is 20.8 Å². The van der Waals surface area contributed by atoms with E-state index in [1.54, 1.807) is 0 Å². The Morgan fingerprint density at radius 2 is 1.40 bits per heavy atom. The maximum Gasteiger partial charge on any atom is 0.349 e. The predicted octanol–water partition coefficient (Wildman–Crippen LogP) is -1.07. The fourth-order valence-corrected chi connectivity index (χ4v) is 0.994. The molecule has 0 heterocycles. The van der Waals surface area contributed by atoms with Gasteiger partial charge in [-0.05, 0) is 20.8 Å². The number of aliphatic hydroxyl groups is 4. The topological polar surface area (TPSA) is 134 Å². The number of carbonyl (C=O) groups excluding carboxylic acids is 2. The molecule has 0 aromatic rings. The van der Waals surface area contributed by atoms with E-state index in [0.29, 0.717) is 0 Å². The normalized spacial score (nSPS) is 15.8. The van der Waals surface area contributed by atoms with Crippen LogP contribution in [0.25, 0.3) is 0 Å². The second kappa shape index (κ2) is 6.14. The standard InChI is InChI=1S/C12H18O8/c1-6(2)9(13)19-8(5)11(15,12(16,17)18)20-10(14)7(3)4/h8,15-18H,1,3H2,2,4-5H3. The molecule has 0 bridgehead atoms. The molecule has 0 aliphatic rings. The van der Waals surface area contributed by atoms with Gasteiger partial charge in [0.1, 0.15) is 0 Å². The third-order valence-corrected chi connectivity index (χ3v) is 2.26. The number of hydrogen-bond donors (Lipinski definition) is 4. The second-order valence-electron chi connectivity index (χ2n) is 4.33. The highest BCUT2D eigenvalue weighted by Gasteiger charge is 2.58. The van der Waals surface area contributed by atoms with Gasteiger partial charge in [0.25, 0.3) is 0 Å². The Morgan fingerprint density at radius 1 is 1.00 bits per heavy atom. The van der Waals surface area contributed by atoms with E-state index in [2.05, 4.69) is 22.6 Å². The van der Waals surface area contributed by atoms with E-state index in [1.807, 2.05) is 0 Å². The molecule has 0 saturated carbocycles. The zero-order chi connectivity index (χ0) is 16.3. The molecule has 2 atom stereocenters. The molecular formula is C12H18O8. The second-order valence-corrected chi connectivity index (χ2v) is 4.33. The van der Waals surface area contributed by atoms with Gasteiger partial charge in [0.2, 0.25) is 0 Å². The average molecular weight is 290 g/mol. The third kappa shape index (κ3) is 4.14. The monoisotopic (exact) mass is 290 g/mol. The number of rotatable bonds is 6. The first-order valence-corrected chi connectivity index (χ1v) is 5.47. The fraction of sp³-hybridized carbons (Fsp3) is 0.500. The van der Waals surface area contributed by atoms with E-state index >= 15 is 0 Å². The van der Waals surface area contributed by atoms with Gasteiger partial charge in [0.15, 0.2) is 6.10 Å². The van der Waals surface area contributed by atoms with Crippen LogP contribution in [0.3, 0.4) is 0 Å². The van der Waals surface area contributed by atoms with Crippen molar-refractivity contribution in [3.05, 3.63) is 24.3 Å². The Labute approximate surface area is 115 Å². The molecule has 0 radical (unpaired) electrons. The third-order valence-electron chi connectivity index (χ3n) is 2.26. The summed E-state index contributed by atoms with van der Waals surface area (Å²) < 4.78 is 8.98. The van der Waals surface area contributed by atoms with Crippen LogP contribution < -0.4 is 0 Å². The van der Waals surface area contributed by atoms with Gasteiger partial charge in [-0.3, -0.25) is 0 Å². The molecule has 0 aromatic heterocycles. The van der Waals surface area contributed by atoms with Crippen molar-refractivity contribution in [2.75, 3.05) is 0 Å². The molecule has 0 spiro atoms. The largest absolute Gasteiger partial charge is 0.452 e. The minimum atomic E-state index is -3.87. The van der Waals surface area contributed by atoms with Gasteiger partial charge in [-0.1, -0.05) is 13.2 Å². The van der Waals surface area contributed by atoms with Gasteiger partial charge in [-0.15, -0.1) is 0 Å². The molecule has 8 heteroatoms. The molecule has 8 nitrogen and oxygen atoms in total. The van der Waals surface area contributed by atoms with E-state index in [-0.39, 0.29) is 11.1 Å². The molecule has 0 aliphatic heterocycles. The average Bonchev–Trinajstić information content (AvgIpc) is 2.26. The highest BCUT2D eigenvalue weighted by molar-refractivity contribution is 5.88. The number of carbonyl (C=O) groups is 2. The van der Waals surface area contributed by atoms with E-state index < -0.39 is 29.8 Å². The zero-order valence-corrected chi connectivity index (χ0v) is 11.4. The lowest BCUT2D eigenvalue weighted by molar-refractivity contribution is -0.460. The first-order chi connectivity index (χ1) is 8.83. The first kappa shape index (κ1) is 18.3. The van der Waals surface area contributed by atoms with Gasteiger partial charge in [-0.2, -0.15) is 0 Å². The summed E-state index contributed by atoms with van der Waals surface area (Å²) in [5, 5.41) is 37.3. The Hall–Kier alpha value is -1.74. The lowest BCUT2D eigenvalue weighted by Crippen LogP contribution is -2.64. The summed E-state index contributed by atoms with van der Waals surface area (Å²) in [4.78, 5) is 22.7. The van der Waals surface area contributed by atoms with Crippen molar-refractivity contribution in [3.8, 4) is 0 Å². The minimum Gasteiger partial charge on any atom is -0.452 e. The van der Waals surface area contributed by atoms with E-state index in [0.717, 1.165) is 6.92 Å². The highest BCUT2D eigenvalue weighted by atomic mass is 16.8. The van der Waals surface area contributed by atoms with Gasteiger partial charge < -0.3 is 29.9 Å². The molecule has 0 rings (SSSR count). The molecule has 0 amide bonds. The lowest BCUT2D eigenvalue weighted by atomic mass is 10.1. The maximum absolute atomic E-state index is 11.4. The van der Waals surface area contributed by atoms with Gasteiger partial charge in [0, 0.05) is 11.1 Å². The van der Waals surface area contributed by atoms with Crippen LogP contribution in [0.2, 0.25) is 0 Å². The van der Waals surface area contributed by atoms with Gasteiger partial charge in [-0.25, -0.2) is 9.59 Å². The quantitative estimate of drug-likeness (QED) is 0.276. The number of ether oxygens (including phenoxy) is 2. The summed E-state index contributed by atoms with van der Waals surface area (Å²) in [7, 11) is 0. The van der Waals surface area contributed by atoms with E-state index in [1.165, 1.54) is 13.8 Å². The summed E-state index contributed by atoms with van der Waals surface area (Å²) in [6.07, 6.45) is -1.81. The Morgan fingerprint density at radius 3 is 1.70 bits per heavy atom. The van der Waals surface area contributed by atoms with E-state index in [4.69, 9.17) is 15.3 Å². The lowest BCUT2D eigenvalue weighted by Gasteiger charge is -2.37. The van der Waals surface area contributed by atoms with Gasteiger partial charge >= 0.3 is 23.7 Å². The van der Waals surface area contributed by atoms with Crippen molar-refractivity contribution in [2.45, 2.75) is 38.6 Å². The maximum atomic E-state index is 11.4. The summed E-state index contributed by atoms with van der Waals surface area (Å²) in [6.45, 7) is 10.00. The van der Waals surface area contributed by atoms with Crippen LogP contribution in [0.5, 0.6) is 0 Å². The van der Waals surface area contributed by atoms with Crippen LogP contribution >= 0.6 is 0 Å². The van der Waals surface area contributed by atoms with E-state index in [9.17, 15) is 14.7 Å². The molecule has 20 heavy (non-hydrogen) atoms. The van der Waals surface area contributed by atoms with Crippen molar-refractivity contribution in [2.24, 2.45) is 0 Å². The van der Waals surface area contributed by atoms with Crippen LogP contribution in [0.4, 0.5) is 0 Å². The Balaban J connectivity index is 5.34. The SMILES string of the molecule is C=C(C)C(=O)OC(C)C(O)(OC(=O)C(=C)C)C(O)(O)O. The number of hydrogen-bond acceptors (Lipinski definition) is 8. The smallest absolute Gasteiger partial charge is 0.349 e. The molecule has 0 aromatic carbocycles. The van der Waals surface area contributed by atoms with Crippen LogP contribution in [0.15, 0.2) is 24.3 Å². The van der Waals surface area contributed by atoms with Crippen LogP contribution in [-0.4, -0.2) is 50.2 Å². The molecule has 2 unspecified atom stereocenters. The van der Waals surface area contributed by atoms with Gasteiger partial charge in [0.05, 0.1) is 0 Å². The summed E-state index contributed by atoms with van der Waals surface area (Å²) in [6, 6.07) is 0. The first-order valence-electron chi connectivity index (χ1n) is 5.47. The Bertz CT molecular complexity index is 433.